The third-order valence-electron chi connectivity index (χ3n) is 0.525. The van der Waals surface area contributed by atoms with Crippen LogP contribution in [0.2, 0.25) is 6.04 Å². The molecule has 0 atom stereocenters. The summed E-state index contributed by atoms with van der Waals surface area (Å²) in [5.74, 6) is 0. The van der Waals surface area contributed by atoms with E-state index in [9.17, 15) is 0 Å². The Bertz CT molecular complexity index is 19.5. The van der Waals surface area contributed by atoms with Crippen molar-refractivity contribution in [1.29, 1.82) is 0 Å². The average molecular weight is 101 g/mol. The van der Waals surface area contributed by atoms with Gasteiger partial charge in [-0.05, 0) is 6.42 Å². The number of hydrogen-bond acceptors (Lipinski definition) is 1. The highest BCUT2D eigenvalue weighted by molar-refractivity contribution is 6.08. The zero-order chi connectivity index (χ0) is 4.83. The van der Waals surface area contributed by atoms with Crippen LogP contribution >= 0.6 is 0 Å². The van der Waals surface area contributed by atoms with E-state index < -0.39 is 0 Å². The van der Waals surface area contributed by atoms with E-state index in [-0.39, 0.29) is 0 Å². The third kappa shape index (κ3) is 4.18. The van der Waals surface area contributed by atoms with Gasteiger partial charge in [0.25, 0.3) is 0 Å². The lowest BCUT2D eigenvalue weighted by molar-refractivity contribution is 0.199. The molecule has 0 saturated heterocycles. The van der Waals surface area contributed by atoms with Crippen LogP contribution in [0.25, 0.3) is 0 Å². The molecule has 0 aliphatic rings. The zero-order valence-electron chi connectivity index (χ0n) is 4.03. The first-order valence-electron chi connectivity index (χ1n) is 2.05. The standard InChI is InChI=1S/C4H9OSi/c1-5-3-2-4-6/h2-4H2,1H3. The second-order valence-electron chi connectivity index (χ2n) is 1.10. The van der Waals surface area contributed by atoms with E-state index in [4.69, 9.17) is 4.74 Å². The summed E-state index contributed by atoms with van der Waals surface area (Å²) in [7, 11) is 5.02. The summed E-state index contributed by atoms with van der Waals surface area (Å²) in [5, 5.41) is 0. The lowest BCUT2D eigenvalue weighted by Crippen LogP contribution is -1.85. The number of ether oxygens (including phenoxy) is 1. The minimum Gasteiger partial charge on any atom is -0.385 e. The predicted molar refractivity (Wildman–Crippen MR) is 27.1 cm³/mol. The largest absolute Gasteiger partial charge is 0.385 e. The van der Waals surface area contributed by atoms with Crippen molar-refractivity contribution >= 4 is 10.2 Å². The summed E-state index contributed by atoms with van der Waals surface area (Å²) >= 11 is 0. The van der Waals surface area contributed by atoms with Crippen LogP contribution in [0.5, 0.6) is 0 Å². The van der Waals surface area contributed by atoms with Crippen LogP contribution < -0.4 is 0 Å². The lowest BCUT2D eigenvalue weighted by atomic mass is 10.5. The molecule has 0 N–H and O–H groups in total. The fraction of sp³-hybridized carbons (Fsp3) is 1.00. The zero-order valence-corrected chi connectivity index (χ0v) is 5.03. The molecule has 0 unspecified atom stereocenters. The quantitative estimate of drug-likeness (QED) is 0.374. The fourth-order valence-electron chi connectivity index (χ4n) is 0.217. The Morgan fingerprint density at radius 1 is 1.67 bits per heavy atom. The molecule has 0 amide bonds. The van der Waals surface area contributed by atoms with Crippen LogP contribution in [0.4, 0.5) is 0 Å². The lowest BCUT2D eigenvalue weighted by Gasteiger charge is -1.89. The second-order valence-corrected chi connectivity index (χ2v) is 1.60. The van der Waals surface area contributed by atoms with Gasteiger partial charge in [0.05, 0.1) is 0 Å². The van der Waals surface area contributed by atoms with Crippen molar-refractivity contribution in [2.45, 2.75) is 12.5 Å². The van der Waals surface area contributed by atoms with Crippen molar-refractivity contribution in [3.63, 3.8) is 0 Å². The van der Waals surface area contributed by atoms with Crippen molar-refractivity contribution in [2.24, 2.45) is 0 Å². The third-order valence-corrected chi connectivity index (χ3v) is 0.879. The molecule has 0 fully saturated rings. The first-order chi connectivity index (χ1) is 2.91. The predicted octanol–water partition coefficient (Wildman–Crippen LogP) is 0.610. The van der Waals surface area contributed by atoms with Gasteiger partial charge in [0, 0.05) is 24.0 Å². The molecule has 0 aliphatic carbocycles. The van der Waals surface area contributed by atoms with E-state index >= 15 is 0 Å². The summed E-state index contributed by atoms with van der Waals surface area (Å²) < 4.78 is 4.75. The van der Waals surface area contributed by atoms with Crippen molar-refractivity contribution < 1.29 is 4.74 Å². The Hall–Kier alpha value is 0.177. The van der Waals surface area contributed by atoms with E-state index in [0.29, 0.717) is 0 Å². The van der Waals surface area contributed by atoms with Gasteiger partial charge in [0.1, 0.15) is 0 Å². The Morgan fingerprint density at radius 3 is 2.50 bits per heavy atom. The number of rotatable bonds is 3. The Kier molecular flexibility index (Phi) is 5.33. The van der Waals surface area contributed by atoms with Crippen molar-refractivity contribution in [2.75, 3.05) is 13.7 Å². The normalized spacial score (nSPS) is 9.00. The van der Waals surface area contributed by atoms with Crippen molar-refractivity contribution in [3.8, 4) is 0 Å². The molecule has 0 aromatic rings. The van der Waals surface area contributed by atoms with E-state index in [2.05, 4.69) is 10.2 Å². The highest BCUT2D eigenvalue weighted by atomic mass is 28.1. The molecule has 1 nitrogen and oxygen atoms in total. The van der Waals surface area contributed by atoms with Gasteiger partial charge in [-0.2, -0.15) is 0 Å². The molecule has 0 rings (SSSR count). The summed E-state index contributed by atoms with van der Waals surface area (Å²) in [5.41, 5.74) is 0. The molecule has 0 bridgehead atoms. The molecule has 0 saturated carbocycles. The van der Waals surface area contributed by atoms with Crippen LogP contribution in [0.15, 0.2) is 0 Å². The van der Waals surface area contributed by atoms with Crippen LogP contribution in [0.1, 0.15) is 6.42 Å². The van der Waals surface area contributed by atoms with Gasteiger partial charge in [-0.15, -0.1) is 0 Å². The number of methoxy groups -OCH3 is 1. The molecule has 0 aromatic carbocycles. The first-order valence-corrected chi connectivity index (χ1v) is 2.76. The molecular formula is C4H9OSi. The van der Waals surface area contributed by atoms with E-state index in [1.165, 1.54) is 0 Å². The fourth-order valence-corrected chi connectivity index (χ4v) is 0.361. The molecule has 0 heterocycles. The summed E-state index contributed by atoms with van der Waals surface area (Å²) in [6.45, 7) is 0.865. The van der Waals surface area contributed by atoms with Gasteiger partial charge in [-0.1, -0.05) is 6.04 Å². The highest BCUT2D eigenvalue weighted by Gasteiger charge is 1.74. The van der Waals surface area contributed by atoms with Gasteiger partial charge in [-0.25, -0.2) is 0 Å². The average Bonchev–Trinajstić information content (AvgIpc) is 1.61. The Labute approximate surface area is 42.1 Å². The van der Waals surface area contributed by atoms with Crippen molar-refractivity contribution in [3.05, 3.63) is 0 Å². The highest BCUT2D eigenvalue weighted by Crippen LogP contribution is 1.81. The molecule has 3 radical (unpaired) electrons. The minimum absolute atomic E-state index is 0.865. The molecule has 0 aliphatic heterocycles. The Balaban J connectivity index is 2.34. The summed E-state index contributed by atoms with van der Waals surface area (Å²) in [4.78, 5) is 0. The van der Waals surface area contributed by atoms with Gasteiger partial charge < -0.3 is 4.74 Å². The van der Waals surface area contributed by atoms with E-state index in [1.54, 1.807) is 7.11 Å². The van der Waals surface area contributed by atoms with Crippen molar-refractivity contribution in [1.82, 2.24) is 0 Å². The SMILES string of the molecule is COCCC[Si]. The van der Waals surface area contributed by atoms with Gasteiger partial charge in [0.2, 0.25) is 0 Å². The molecule has 35 valence electrons. The topological polar surface area (TPSA) is 9.23 Å². The first kappa shape index (κ1) is 6.18. The molecular weight excluding hydrogens is 92.1 g/mol. The molecule has 2 heteroatoms. The molecule has 0 aromatic heterocycles. The van der Waals surface area contributed by atoms with Gasteiger partial charge in [-0.3, -0.25) is 0 Å². The summed E-state index contributed by atoms with van der Waals surface area (Å²) in [6, 6.07) is 1.04. The smallest absolute Gasteiger partial charge is 0.0459 e. The van der Waals surface area contributed by atoms with Gasteiger partial charge >= 0.3 is 0 Å². The Morgan fingerprint density at radius 2 is 2.33 bits per heavy atom. The molecule has 0 spiro atoms. The van der Waals surface area contributed by atoms with E-state index in [1.807, 2.05) is 0 Å². The number of hydrogen-bond donors (Lipinski definition) is 0. The maximum atomic E-state index is 4.75. The summed E-state index contributed by atoms with van der Waals surface area (Å²) in [6.07, 6.45) is 1.10. The van der Waals surface area contributed by atoms with Crippen LogP contribution in [0.3, 0.4) is 0 Å². The molecule has 6 heavy (non-hydrogen) atoms. The van der Waals surface area contributed by atoms with Crippen LogP contribution in [0, 0.1) is 0 Å². The monoisotopic (exact) mass is 101 g/mol. The van der Waals surface area contributed by atoms with E-state index in [0.717, 1.165) is 19.1 Å². The second kappa shape index (κ2) is 5.18. The van der Waals surface area contributed by atoms with Crippen LogP contribution in [-0.4, -0.2) is 24.0 Å². The van der Waals surface area contributed by atoms with Crippen LogP contribution in [-0.2, 0) is 4.74 Å². The van der Waals surface area contributed by atoms with Gasteiger partial charge in [0.15, 0.2) is 0 Å². The minimum atomic E-state index is 0.865. The maximum absolute atomic E-state index is 4.75. The maximum Gasteiger partial charge on any atom is 0.0459 e.